The molecule has 0 heterocycles. The standard InChI is InChI=1S/C13H22N2O3S/c1-4-13(2,10-16)9-15-11-5-7-12(8-6-11)19(17,18)14-3/h5-8,14-16H,4,9-10H2,1-3H3. The summed E-state index contributed by atoms with van der Waals surface area (Å²) in [4.78, 5) is 0.237. The molecule has 108 valence electrons. The second-order valence-electron chi connectivity index (χ2n) is 4.91. The summed E-state index contributed by atoms with van der Waals surface area (Å²) in [6, 6.07) is 6.54. The third-order valence-electron chi connectivity index (χ3n) is 3.39. The maximum atomic E-state index is 11.6. The zero-order chi connectivity index (χ0) is 14.5. The molecule has 19 heavy (non-hydrogen) atoms. The summed E-state index contributed by atoms with van der Waals surface area (Å²) in [7, 11) is -2.00. The van der Waals surface area contributed by atoms with Gasteiger partial charge in [-0.05, 0) is 37.7 Å². The lowest BCUT2D eigenvalue weighted by Crippen LogP contribution is -2.29. The highest BCUT2D eigenvalue weighted by molar-refractivity contribution is 7.89. The maximum absolute atomic E-state index is 11.6. The van der Waals surface area contributed by atoms with Crippen LogP contribution in [0.4, 0.5) is 5.69 Å². The van der Waals surface area contributed by atoms with E-state index in [1.807, 2.05) is 13.8 Å². The van der Waals surface area contributed by atoms with Gasteiger partial charge in [0.1, 0.15) is 0 Å². The lowest BCUT2D eigenvalue weighted by Gasteiger charge is -2.26. The van der Waals surface area contributed by atoms with Crippen molar-refractivity contribution >= 4 is 15.7 Å². The second-order valence-corrected chi connectivity index (χ2v) is 6.79. The van der Waals surface area contributed by atoms with E-state index in [4.69, 9.17) is 0 Å². The normalized spacial score (nSPS) is 14.9. The van der Waals surface area contributed by atoms with E-state index >= 15 is 0 Å². The number of benzene rings is 1. The summed E-state index contributed by atoms with van der Waals surface area (Å²) < 4.78 is 25.4. The lowest BCUT2D eigenvalue weighted by atomic mass is 9.88. The molecule has 0 spiro atoms. The Kier molecular flexibility index (Phi) is 5.34. The van der Waals surface area contributed by atoms with E-state index < -0.39 is 10.0 Å². The first-order valence-electron chi connectivity index (χ1n) is 6.25. The molecular weight excluding hydrogens is 264 g/mol. The molecule has 0 aliphatic carbocycles. The number of rotatable bonds is 7. The van der Waals surface area contributed by atoms with Crippen LogP contribution in [0.15, 0.2) is 29.2 Å². The molecule has 1 atom stereocenters. The van der Waals surface area contributed by atoms with Gasteiger partial charge in [0, 0.05) is 17.6 Å². The van der Waals surface area contributed by atoms with E-state index in [0.717, 1.165) is 12.1 Å². The SMILES string of the molecule is CCC(C)(CO)CNc1ccc(S(=O)(=O)NC)cc1. The Bertz CT molecular complexity index is 493. The van der Waals surface area contributed by atoms with Crippen LogP contribution in [-0.4, -0.2) is 33.7 Å². The fraction of sp³-hybridized carbons (Fsp3) is 0.538. The Balaban J connectivity index is 2.73. The first-order chi connectivity index (χ1) is 8.87. The van der Waals surface area contributed by atoms with Crippen LogP contribution in [0, 0.1) is 5.41 Å². The number of nitrogens with one attached hydrogen (secondary N) is 2. The Morgan fingerprint density at radius 1 is 1.26 bits per heavy atom. The van der Waals surface area contributed by atoms with Crippen LogP contribution in [-0.2, 0) is 10.0 Å². The lowest BCUT2D eigenvalue weighted by molar-refractivity contribution is 0.149. The smallest absolute Gasteiger partial charge is 0.240 e. The average molecular weight is 286 g/mol. The second kappa shape index (κ2) is 6.36. The molecule has 5 nitrogen and oxygen atoms in total. The molecule has 0 fully saturated rings. The average Bonchev–Trinajstić information content (AvgIpc) is 2.45. The molecule has 0 bridgehead atoms. The van der Waals surface area contributed by atoms with Crippen LogP contribution >= 0.6 is 0 Å². The van der Waals surface area contributed by atoms with E-state index in [9.17, 15) is 13.5 Å². The monoisotopic (exact) mass is 286 g/mol. The maximum Gasteiger partial charge on any atom is 0.240 e. The highest BCUT2D eigenvalue weighted by Gasteiger charge is 2.20. The first kappa shape index (κ1) is 15.9. The van der Waals surface area contributed by atoms with Crippen LogP contribution < -0.4 is 10.0 Å². The van der Waals surface area contributed by atoms with Gasteiger partial charge in [-0.1, -0.05) is 13.8 Å². The van der Waals surface area contributed by atoms with Crippen molar-refractivity contribution in [3.8, 4) is 0 Å². The van der Waals surface area contributed by atoms with Crippen LogP contribution in [0.3, 0.4) is 0 Å². The summed E-state index contributed by atoms with van der Waals surface area (Å²) in [6.07, 6.45) is 0.864. The molecule has 0 radical (unpaired) electrons. The van der Waals surface area contributed by atoms with Crippen LogP contribution in [0.1, 0.15) is 20.3 Å². The molecule has 3 N–H and O–H groups in total. The summed E-state index contributed by atoms with van der Waals surface area (Å²) >= 11 is 0. The Morgan fingerprint density at radius 3 is 2.26 bits per heavy atom. The molecule has 0 amide bonds. The van der Waals surface area contributed by atoms with Gasteiger partial charge in [-0.25, -0.2) is 13.1 Å². The summed E-state index contributed by atoms with van der Waals surface area (Å²) in [5.74, 6) is 0. The van der Waals surface area contributed by atoms with Gasteiger partial charge < -0.3 is 10.4 Å². The molecule has 1 rings (SSSR count). The van der Waals surface area contributed by atoms with Crippen LogP contribution in [0.25, 0.3) is 0 Å². The third-order valence-corrected chi connectivity index (χ3v) is 4.82. The number of aliphatic hydroxyl groups is 1. The fourth-order valence-electron chi connectivity index (χ4n) is 1.48. The van der Waals surface area contributed by atoms with Crippen molar-refractivity contribution in [2.24, 2.45) is 5.41 Å². The zero-order valence-corrected chi connectivity index (χ0v) is 12.4. The number of anilines is 1. The molecular formula is C13H22N2O3S. The minimum Gasteiger partial charge on any atom is -0.396 e. The van der Waals surface area contributed by atoms with E-state index in [2.05, 4.69) is 10.0 Å². The Morgan fingerprint density at radius 2 is 1.84 bits per heavy atom. The predicted molar refractivity (Wildman–Crippen MR) is 76.7 cm³/mol. The van der Waals surface area contributed by atoms with E-state index in [-0.39, 0.29) is 16.9 Å². The van der Waals surface area contributed by atoms with Gasteiger partial charge in [0.05, 0.1) is 11.5 Å². The Hall–Kier alpha value is -1.11. The van der Waals surface area contributed by atoms with E-state index in [0.29, 0.717) is 6.54 Å². The van der Waals surface area contributed by atoms with Crippen molar-refractivity contribution in [2.45, 2.75) is 25.2 Å². The van der Waals surface area contributed by atoms with Crippen molar-refractivity contribution in [3.63, 3.8) is 0 Å². The van der Waals surface area contributed by atoms with Gasteiger partial charge in [-0.2, -0.15) is 0 Å². The highest BCUT2D eigenvalue weighted by Crippen LogP contribution is 2.21. The summed E-state index contributed by atoms with van der Waals surface area (Å²) in [5, 5.41) is 12.5. The van der Waals surface area contributed by atoms with Crippen molar-refractivity contribution in [2.75, 3.05) is 25.5 Å². The number of sulfonamides is 1. The number of aliphatic hydroxyl groups excluding tert-OH is 1. The van der Waals surface area contributed by atoms with Crippen LogP contribution in [0.5, 0.6) is 0 Å². The Labute approximate surface area is 115 Å². The predicted octanol–water partition coefficient (Wildman–Crippen LogP) is 1.42. The summed E-state index contributed by atoms with van der Waals surface area (Å²) in [5.41, 5.74) is 0.665. The highest BCUT2D eigenvalue weighted by atomic mass is 32.2. The molecule has 6 heteroatoms. The molecule has 1 unspecified atom stereocenters. The van der Waals surface area contributed by atoms with E-state index in [1.165, 1.54) is 7.05 Å². The van der Waals surface area contributed by atoms with Crippen LogP contribution in [0.2, 0.25) is 0 Å². The molecule has 0 aromatic heterocycles. The largest absolute Gasteiger partial charge is 0.396 e. The zero-order valence-electron chi connectivity index (χ0n) is 11.6. The number of hydrogen-bond donors (Lipinski definition) is 3. The van der Waals surface area contributed by atoms with Crippen molar-refractivity contribution in [1.29, 1.82) is 0 Å². The third kappa shape index (κ3) is 4.19. The van der Waals surface area contributed by atoms with Crippen molar-refractivity contribution < 1.29 is 13.5 Å². The van der Waals surface area contributed by atoms with Gasteiger partial charge in [0.25, 0.3) is 0 Å². The van der Waals surface area contributed by atoms with Gasteiger partial charge in [-0.15, -0.1) is 0 Å². The minimum atomic E-state index is -3.39. The molecule has 0 saturated carbocycles. The van der Waals surface area contributed by atoms with Gasteiger partial charge in [-0.3, -0.25) is 0 Å². The molecule has 1 aromatic carbocycles. The fourth-order valence-corrected chi connectivity index (χ4v) is 2.21. The van der Waals surface area contributed by atoms with Crippen molar-refractivity contribution in [3.05, 3.63) is 24.3 Å². The van der Waals surface area contributed by atoms with Gasteiger partial charge in [0.15, 0.2) is 0 Å². The topological polar surface area (TPSA) is 78.4 Å². The first-order valence-corrected chi connectivity index (χ1v) is 7.73. The molecule has 0 aliphatic rings. The van der Waals surface area contributed by atoms with Gasteiger partial charge >= 0.3 is 0 Å². The molecule has 0 saturated heterocycles. The van der Waals surface area contributed by atoms with E-state index in [1.54, 1.807) is 24.3 Å². The molecule has 0 aliphatic heterocycles. The summed E-state index contributed by atoms with van der Waals surface area (Å²) in [6.45, 7) is 4.78. The van der Waals surface area contributed by atoms with Gasteiger partial charge in [0.2, 0.25) is 10.0 Å². The minimum absolute atomic E-state index is 0.114. The quantitative estimate of drug-likeness (QED) is 0.708. The number of hydrogen-bond acceptors (Lipinski definition) is 4. The molecule has 1 aromatic rings. The van der Waals surface area contributed by atoms with Crippen molar-refractivity contribution in [1.82, 2.24) is 4.72 Å².